The molecule has 1 heterocycles. The van der Waals surface area contributed by atoms with Gasteiger partial charge in [0, 0.05) is 6.54 Å². The van der Waals surface area contributed by atoms with Gasteiger partial charge in [-0.3, -0.25) is 0 Å². The van der Waals surface area contributed by atoms with Crippen LogP contribution < -0.4 is 5.73 Å². The molecular weight excluding hydrogens is 222 g/mol. The Labute approximate surface area is 107 Å². The Morgan fingerprint density at radius 1 is 1.39 bits per heavy atom. The third-order valence-electron chi connectivity index (χ3n) is 4.74. The van der Waals surface area contributed by atoms with Crippen LogP contribution in [0, 0.1) is 18.3 Å². The van der Waals surface area contributed by atoms with Gasteiger partial charge in [0.25, 0.3) is 0 Å². The number of hydrogen-bond acceptors (Lipinski definition) is 2. The lowest BCUT2D eigenvalue weighted by molar-refractivity contribution is 0.377. The van der Waals surface area contributed by atoms with E-state index >= 15 is 0 Å². The van der Waals surface area contributed by atoms with Crippen molar-refractivity contribution in [3.05, 3.63) is 23.8 Å². The van der Waals surface area contributed by atoms with Gasteiger partial charge >= 0.3 is 0 Å². The number of hydrogen-bond donors (Lipinski definition) is 1. The highest BCUT2D eigenvalue weighted by Gasteiger charge is 2.54. The average molecular weight is 241 g/mol. The molecule has 3 nitrogen and oxygen atoms in total. The van der Waals surface area contributed by atoms with Gasteiger partial charge in [-0.25, -0.2) is 4.98 Å². The van der Waals surface area contributed by atoms with E-state index in [9.17, 15) is 0 Å². The topological polar surface area (TPSA) is 43.8 Å². The van der Waals surface area contributed by atoms with Gasteiger partial charge < -0.3 is 10.3 Å². The molecular formula is C15H19N3. The summed E-state index contributed by atoms with van der Waals surface area (Å²) in [5.74, 6) is 1.64. The first-order valence-corrected chi connectivity index (χ1v) is 6.90. The number of rotatable bonds is 3. The number of benzene rings is 1. The van der Waals surface area contributed by atoms with Gasteiger partial charge in [0.1, 0.15) is 0 Å². The average Bonchev–Trinajstić information content (AvgIpc) is 3.20. The molecule has 0 atom stereocenters. The van der Waals surface area contributed by atoms with E-state index in [2.05, 4.69) is 34.7 Å². The largest absolute Gasteiger partial charge is 0.369 e. The predicted molar refractivity (Wildman–Crippen MR) is 73.3 cm³/mol. The fraction of sp³-hybridized carbons (Fsp3) is 0.533. The molecule has 0 aliphatic heterocycles. The summed E-state index contributed by atoms with van der Waals surface area (Å²) >= 11 is 0. The van der Waals surface area contributed by atoms with Crippen LogP contribution >= 0.6 is 0 Å². The molecule has 4 rings (SSSR count). The Kier molecular flexibility index (Phi) is 1.90. The molecule has 1 aromatic heterocycles. The maximum atomic E-state index is 6.11. The highest BCUT2D eigenvalue weighted by molar-refractivity contribution is 5.79. The smallest absolute Gasteiger partial charge is 0.201 e. The zero-order chi connectivity index (χ0) is 12.3. The van der Waals surface area contributed by atoms with Crippen LogP contribution in [-0.2, 0) is 6.54 Å². The Morgan fingerprint density at radius 2 is 2.17 bits per heavy atom. The Hall–Kier alpha value is -1.51. The summed E-state index contributed by atoms with van der Waals surface area (Å²) in [5, 5.41) is 0. The third kappa shape index (κ3) is 1.46. The Morgan fingerprint density at radius 3 is 2.83 bits per heavy atom. The normalized spacial score (nSPS) is 21.4. The number of nitrogens with zero attached hydrogens (tertiary/aromatic N) is 2. The van der Waals surface area contributed by atoms with Crippen molar-refractivity contribution >= 4 is 17.0 Å². The minimum Gasteiger partial charge on any atom is -0.369 e. The second kappa shape index (κ2) is 3.28. The number of imidazole rings is 1. The molecule has 1 aromatic carbocycles. The molecule has 2 N–H and O–H groups in total. The van der Waals surface area contributed by atoms with E-state index < -0.39 is 0 Å². The van der Waals surface area contributed by atoms with Crippen molar-refractivity contribution in [2.45, 2.75) is 39.2 Å². The number of nitrogens with two attached hydrogens (primary N) is 1. The predicted octanol–water partition coefficient (Wildman–Crippen LogP) is 3.12. The fourth-order valence-corrected chi connectivity index (χ4v) is 3.29. The molecule has 0 unspecified atom stereocenters. The minimum absolute atomic E-state index is 0.562. The van der Waals surface area contributed by atoms with E-state index in [4.69, 9.17) is 5.73 Å². The van der Waals surface area contributed by atoms with Crippen LogP contribution in [0.15, 0.2) is 18.2 Å². The lowest BCUT2D eigenvalue weighted by atomic mass is 10.0. The minimum atomic E-state index is 0.562. The molecule has 2 aromatic rings. The summed E-state index contributed by atoms with van der Waals surface area (Å²) in [4.78, 5) is 4.51. The van der Waals surface area contributed by atoms with E-state index in [0.29, 0.717) is 11.4 Å². The molecule has 3 heteroatoms. The fourth-order valence-electron chi connectivity index (χ4n) is 3.29. The number of nitrogen functional groups attached to an aromatic ring is 1. The van der Waals surface area contributed by atoms with Gasteiger partial charge in [-0.1, -0.05) is 6.07 Å². The van der Waals surface area contributed by atoms with Crippen LogP contribution in [0.25, 0.3) is 11.0 Å². The summed E-state index contributed by atoms with van der Waals surface area (Å²) in [6, 6.07) is 6.44. The van der Waals surface area contributed by atoms with Crippen LogP contribution in [0.1, 0.15) is 31.2 Å². The van der Waals surface area contributed by atoms with Crippen molar-refractivity contribution in [3.8, 4) is 0 Å². The number of aromatic nitrogens is 2. The summed E-state index contributed by atoms with van der Waals surface area (Å²) in [6.45, 7) is 3.17. The summed E-state index contributed by atoms with van der Waals surface area (Å²) in [7, 11) is 0. The van der Waals surface area contributed by atoms with E-state index in [1.54, 1.807) is 0 Å². The maximum Gasteiger partial charge on any atom is 0.201 e. The van der Waals surface area contributed by atoms with Crippen molar-refractivity contribution < 1.29 is 0 Å². The van der Waals surface area contributed by atoms with E-state index in [-0.39, 0.29) is 0 Å². The molecule has 2 aliphatic rings. The van der Waals surface area contributed by atoms with Gasteiger partial charge in [-0.2, -0.15) is 0 Å². The van der Waals surface area contributed by atoms with Gasteiger partial charge in [0.05, 0.1) is 11.0 Å². The SMILES string of the molecule is Cc1ccc2c(c1)nc(N)n2CC1(C2CC2)CC1. The van der Waals surface area contributed by atoms with Gasteiger partial charge in [-0.05, 0) is 61.6 Å². The molecule has 94 valence electrons. The Balaban J connectivity index is 1.77. The molecule has 0 bridgehead atoms. The van der Waals surface area contributed by atoms with Crippen molar-refractivity contribution in [2.24, 2.45) is 11.3 Å². The van der Waals surface area contributed by atoms with E-state index in [1.165, 1.54) is 36.8 Å². The van der Waals surface area contributed by atoms with Crippen molar-refractivity contribution in [2.75, 3.05) is 5.73 Å². The number of aryl methyl sites for hydroxylation is 1. The van der Waals surface area contributed by atoms with E-state index in [1.807, 2.05) is 0 Å². The van der Waals surface area contributed by atoms with Gasteiger partial charge in [0.2, 0.25) is 5.95 Å². The third-order valence-corrected chi connectivity index (χ3v) is 4.74. The standard InChI is InChI=1S/C15H19N3/c1-10-2-5-13-12(8-10)17-14(16)18(13)9-15(6-7-15)11-3-4-11/h2,5,8,11H,3-4,6-7,9H2,1H3,(H2,16,17). The summed E-state index contributed by atoms with van der Waals surface area (Å²) in [5.41, 5.74) is 10.2. The molecule has 2 aliphatic carbocycles. The van der Waals surface area contributed by atoms with Gasteiger partial charge in [-0.15, -0.1) is 0 Å². The number of anilines is 1. The molecule has 0 radical (unpaired) electrons. The van der Waals surface area contributed by atoms with Crippen LogP contribution in [0.2, 0.25) is 0 Å². The van der Waals surface area contributed by atoms with Crippen LogP contribution in [-0.4, -0.2) is 9.55 Å². The number of fused-ring (bicyclic) bond motifs is 1. The molecule has 18 heavy (non-hydrogen) atoms. The maximum absolute atomic E-state index is 6.11. The summed E-state index contributed by atoms with van der Waals surface area (Å²) in [6.07, 6.45) is 5.60. The van der Waals surface area contributed by atoms with E-state index in [0.717, 1.165) is 18.0 Å². The second-order valence-electron chi connectivity index (χ2n) is 6.18. The second-order valence-corrected chi connectivity index (χ2v) is 6.18. The van der Waals surface area contributed by atoms with Crippen LogP contribution in [0.3, 0.4) is 0 Å². The molecule has 2 saturated carbocycles. The first kappa shape index (κ1) is 10.4. The van der Waals surface area contributed by atoms with Gasteiger partial charge in [0.15, 0.2) is 0 Å². The molecule has 0 spiro atoms. The Bertz CT molecular complexity index is 618. The zero-order valence-corrected chi connectivity index (χ0v) is 10.8. The quantitative estimate of drug-likeness (QED) is 0.897. The van der Waals surface area contributed by atoms with Crippen molar-refractivity contribution in [1.29, 1.82) is 0 Å². The molecule has 0 amide bonds. The lowest BCUT2D eigenvalue weighted by Crippen LogP contribution is -2.15. The molecule has 0 saturated heterocycles. The van der Waals surface area contributed by atoms with Crippen molar-refractivity contribution in [1.82, 2.24) is 9.55 Å². The first-order valence-electron chi connectivity index (χ1n) is 6.90. The van der Waals surface area contributed by atoms with Crippen molar-refractivity contribution in [3.63, 3.8) is 0 Å². The highest BCUT2D eigenvalue weighted by Crippen LogP contribution is 2.62. The highest BCUT2D eigenvalue weighted by atomic mass is 15.2. The van der Waals surface area contributed by atoms with Crippen LogP contribution in [0.4, 0.5) is 5.95 Å². The first-order chi connectivity index (χ1) is 8.68. The van der Waals surface area contributed by atoms with Crippen LogP contribution in [0.5, 0.6) is 0 Å². The monoisotopic (exact) mass is 241 g/mol. The zero-order valence-electron chi connectivity index (χ0n) is 10.8. The summed E-state index contributed by atoms with van der Waals surface area (Å²) < 4.78 is 2.24. The lowest BCUT2D eigenvalue weighted by Gasteiger charge is -2.16. The molecule has 2 fully saturated rings.